The summed E-state index contributed by atoms with van der Waals surface area (Å²) in [7, 11) is 0. The number of alkyl halides is 3. The third kappa shape index (κ3) is 2.03. The normalized spacial score (nSPS) is 22.1. The first-order valence-electron chi connectivity index (χ1n) is 4.69. The van der Waals surface area contributed by atoms with E-state index in [1.54, 1.807) is 6.07 Å². The van der Waals surface area contributed by atoms with Crippen LogP contribution in [-0.4, -0.2) is 28.7 Å². The van der Waals surface area contributed by atoms with Crippen molar-refractivity contribution in [3.63, 3.8) is 0 Å². The predicted molar refractivity (Wildman–Crippen MR) is 48.5 cm³/mol. The summed E-state index contributed by atoms with van der Waals surface area (Å²) in [5.41, 5.74) is 0. The molecule has 1 aliphatic heterocycles. The fourth-order valence-electron chi connectivity index (χ4n) is 1.79. The van der Waals surface area contributed by atoms with Crippen LogP contribution in [0, 0.1) is 0 Å². The van der Waals surface area contributed by atoms with Gasteiger partial charge in [0.15, 0.2) is 0 Å². The highest BCUT2D eigenvalue weighted by Crippen LogP contribution is 2.34. The second-order valence-electron chi connectivity index (χ2n) is 3.44. The van der Waals surface area contributed by atoms with Gasteiger partial charge in [-0.25, -0.2) is 9.97 Å². The molecule has 0 aromatic carbocycles. The van der Waals surface area contributed by atoms with Gasteiger partial charge in [0.1, 0.15) is 6.04 Å². The van der Waals surface area contributed by atoms with E-state index in [9.17, 15) is 13.2 Å². The quantitative estimate of drug-likeness (QED) is 0.720. The molecule has 1 aromatic heterocycles. The molecule has 0 aliphatic carbocycles. The first-order valence-corrected chi connectivity index (χ1v) is 4.69. The van der Waals surface area contributed by atoms with Crippen LogP contribution in [0.3, 0.4) is 0 Å². The molecular formula is C9H10F3N3. The minimum atomic E-state index is -4.20. The van der Waals surface area contributed by atoms with Gasteiger partial charge in [-0.3, -0.25) is 0 Å². The van der Waals surface area contributed by atoms with Crippen molar-refractivity contribution in [2.45, 2.75) is 25.1 Å². The number of hydrogen-bond donors (Lipinski definition) is 0. The maximum Gasteiger partial charge on any atom is 0.408 e. The van der Waals surface area contributed by atoms with E-state index in [1.165, 1.54) is 17.3 Å². The summed E-state index contributed by atoms with van der Waals surface area (Å²) >= 11 is 0. The van der Waals surface area contributed by atoms with E-state index >= 15 is 0 Å². The average molecular weight is 217 g/mol. The van der Waals surface area contributed by atoms with E-state index in [0.29, 0.717) is 13.0 Å². The zero-order valence-corrected chi connectivity index (χ0v) is 7.91. The highest BCUT2D eigenvalue weighted by Gasteiger charge is 2.46. The van der Waals surface area contributed by atoms with Crippen LogP contribution in [0.25, 0.3) is 0 Å². The molecule has 1 saturated heterocycles. The number of rotatable bonds is 1. The van der Waals surface area contributed by atoms with Gasteiger partial charge in [0.2, 0.25) is 5.95 Å². The molecule has 1 aromatic rings. The van der Waals surface area contributed by atoms with Crippen molar-refractivity contribution in [3.8, 4) is 0 Å². The fraction of sp³-hybridized carbons (Fsp3) is 0.556. The Morgan fingerprint density at radius 2 is 1.93 bits per heavy atom. The van der Waals surface area contributed by atoms with E-state index in [2.05, 4.69) is 9.97 Å². The summed E-state index contributed by atoms with van der Waals surface area (Å²) in [6, 6.07) is 0.155. The molecule has 15 heavy (non-hydrogen) atoms. The Balaban J connectivity index is 2.23. The lowest BCUT2D eigenvalue weighted by Crippen LogP contribution is -2.42. The number of hydrogen-bond acceptors (Lipinski definition) is 3. The zero-order chi connectivity index (χ0) is 10.9. The van der Waals surface area contributed by atoms with Gasteiger partial charge in [-0.05, 0) is 18.9 Å². The van der Waals surface area contributed by atoms with Crippen molar-refractivity contribution in [1.29, 1.82) is 0 Å². The molecule has 82 valence electrons. The topological polar surface area (TPSA) is 29.0 Å². The molecule has 0 radical (unpaired) electrons. The van der Waals surface area contributed by atoms with Gasteiger partial charge in [0.25, 0.3) is 0 Å². The second kappa shape index (κ2) is 3.67. The molecule has 3 nitrogen and oxygen atoms in total. The molecule has 1 atom stereocenters. The zero-order valence-electron chi connectivity index (χ0n) is 7.91. The molecule has 1 unspecified atom stereocenters. The number of anilines is 1. The summed E-state index contributed by atoms with van der Waals surface area (Å²) in [6.07, 6.45) is -0.637. The van der Waals surface area contributed by atoms with Gasteiger partial charge in [0.05, 0.1) is 0 Å². The first kappa shape index (κ1) is 10.2. The van der Waals surface area contributed by atoms with Crippen molar-refractivity contribution in [1.82, 2.24) is 9.97 Å². The van der Waals surface area contributed by atoms with Crippen LogP contribution in [0.2, 0.25) is 0 Å². The minimum absolute atomic E-state index is 0.127. The average Bonchev–Trinajstić information content (AvgIpc) is 2.67. The molecule has 1 fully saturated rings. The number of aromatic nitrogens is 2. The molecule has 0 amide bonds. The van der Waals surface area contributed by atoms with Crippen LogP contribution in [0.1, 0.15) is 12.8 Å². The maximum atomic E-state index is 12.6. The van der Waals surface area contributed by atoms with Gasteiger partial charge in [0, 0.05) is 18.9 Å². The molecule has 2 rings (SSSR count). The second-order valence-corrected chi connectivity index (χ2v) is 3.44. The predicted octanol–water partition coefficient (Wildman–Crippen LogP) is 2.01. The smallest absolute Gasteiger partial charge is 0.329 e. The Kier molecular flexibility index (Phi) is 2.50. The first-order chi connectivity index (χ1) is 7.09. The summed E-state index contributed by atoms with van der Waals surface area (Å²) in [5, 5.41) is 0. The van der Waals surface area contributed by atoms with Crippen molar-refractivity contribution in [2.75, 3.05) is 11.4 Å². The molecule has 0 bridgehead atoms. The van der Waals surface area contributed by atoms with Crippen LogP contribution in [-0.2, 0) is 0 Å². The van der Waals surface area contributed by atoms with Crippen LogP contribution in [0.4, 0.5) is 19.1 Å². The van der Waals surface area contributed by atoms with Gasteiger partial charge in [-0.1, -0.05) is 0 Å². The van der Waals surface area contributed by atoms with Crippen molar-refractivity contribution >= 4 is 5.95 Å². The Morgan fingerprint density at radius 3 is 2.53 bits per heavy atom. The van der Waals surface area contributed by atoms with Gasteiger partial charge in [-0.15, -0.1) is 0 Å². The monoisotopic (exact) mass is 217 g/mol. The van der Waals surface area contributed by atoms with E-state index in [-0.39, 0.29) is 12.4 Å². The Labute approximate surface area is 84.9 Å². The third-order valence-corrected chi connectivity index (χ3v) is 2.44. The SMILES string of the molecule is FC(F)(F)C1CCCN1c1ncccn1. The van der Waals surface area contributed by atoms with Crippen LogP contribution in [0.5, 0.6) is 0 Å². The van der Waals surface area contributed by atoms with E-state index < -0.39 is 12.2 Å². The van der Waals surface area contributed by atoms with Crippen molar-refractivity contribution in [2.24, 2.45) is 0 Å². The van der Waals surface area contributed by atoms with Crippen LogP contribution in [0.15, 0.2) is 18.5 Å². The maximum absolute atomic E-state index is 12.6. The van der Waals surface area contributed by atoms with E-state index in [1.807, 2.05) is 0 Å². The standard InChI is InChI=1S/C9H10F3N3/c10-9(11,12)7-3-1-6-15(7)8-13-4-2-5-14-8/h2,4-5,7H,1,3,6H2. The largest absolute Gasteiger partial charge is 0.408 e. The summed E-state index contributed by atoms with van der Waals surface area (Å²) < 4.78 is 37.8. The number of halogens is 3. The molecule has 2 heterocycles. The Bertz CT molecular complexity index is 325. The molecule has 6 heteroatoms. The van der Waals surface area contributed by atoms with Crippen LogP contribution < -0.4 is 4.90 Å². The van der Waals surface area contributed by atoms with Crippen molar-refractivity contribution < 1.29 is 13.2 Å². The highest BCUT2D eigenvalue weighted by atomic mass is 19.4. The summed E-state index contributed by atoms with van der Waals surface area (Å²) in [6.45, 7) is 0.369. The number of nitrogens with zero attached hydrogens (tertiary/aromatic N) is 3. The summed E-state index contributed by atoms with van der Waals surface area (Å²) in [4.78, 5) is 8.90. The van der Waals surface area contributed by atoms with Crippen LogP contribution >= 0.6 is 0 Å². The molecule has 0 N–H and O–H groups in total. The lowest BCUT2D eigenvalue weighted by atomic mass is 10.2. The van der Waals surface area contributed by atoms with E-state index in [0.717, 1.165) is 0 Å². The lowest BCUT2D eigenvalue weighted by molar-refractivity contribution is -0.146. The van der Waals surface area contributed by atoms with E-state index in [4.69, 9.17) is 0 Å². The minimum Gasteiger partial charge on any atom is -0.329 e. The molecular weight excluding hydrogens is 207 g/mol. The van der Waals surface area contributed by atoms with Gasteiger partial charge < -0.3 is 4.90 Å². The summed E-state index contributed by atoms with van der Waals surface area (Å²) in [5.74, 6) is 0.164. The highest BCUT2D eigenvalue weighted by molar-refractivity contribution is 5.33. The Morgan fingerprint density at radius 1 is 1.27 bits per heavy atom. The van der Waals surface area contributed by atoms with Gasteiger partial charge in [-0.2, -0.15) is 13.2 Å². The molecule has 1 aliphatic rings. The van der Waals surface area contributed by atoms with Gasteiger partial charge >= 0.3 is 6.18 Å². The molecule has 0 saturated carbocycles. The fourth-order valence-corrected chi connectivity index (χ4v) is 1.79. The lowest BCUT2D eigenvalue weighted by Gasteiger charge is -2.26. The Hall–Kier alpha value is -1.33. The molecule has 0 spiro atoms. The van der Waals surface area contributed by atoms with Crippen molar-refractivity contribution in [3.05, 3.63) is 18.5 Å². The third-order valence-electron chi connectivity index (χ3n) is 2.44.